The molecule has 0 aliphatic carbocycles. The fourth-order valence-corrected chi connectivity index (χ4v) is 3.17. The van der Waals surface area contributed by atoms with Crippen LogP contribution < -0.4 is 5.73 Å². The number of unbranched alkanes of at least 4 members (excludes halogenated alkanes) is 1. The van der Waals surface area contributed by atoms with E-state index >= 15 is 0 Å². The monoisotopic (exact) mass is 323 g/mol. The highest BCUT2D eigenvalue weighted by Crippen LogP contribution is 2.31. The molecule has 6 heteroatoms. The first-order valence-electron chi connectivity index (χ1n) is 7.33. The molecule has 0 fully saturated rings. The summed E-state index contributed by atoms with van der Waals surface area (Å²) in [5, 5.41) is 0.855. The van der Waals surface area contributed by atoms with Gasteiger partial charge in [0, 0.05) is 17.9 Å². The van der Waals surface area contributed by atoms with Crippen molar-refractivity contribution in [1.82, 2.24) is 19.5 Å². The van der Waals surface area contributed by atoms with Gasteiger partial charge in [0.1, 0.15) is 6.33 Å². The van der Waals surface area contributed by atoms with Crippen LogP contribution in [0.15, 0.2) is 40.6 Å². The van der Waals surface area contributed by atoms with E-state index in [4.69, 9.17) is 12.2 Å². The van der Waals surface area contributed by atoms with Crippen LogP contribution in [0, 0.1) is 19.3 Å². The molecule has 0 unspecified atom stereocenters. The van der Waals surface area contributed by atoms with Crippen molar-refractivity contribution in [3.63, 3.8) is 0 Å². The predicted molar refractivity (Wildman–Crippen MR) is 93.1 cm³/mol. The van der Waals surface area contributed by atoms with Gasteiger partial charge in [-0.15, -0.1) is 12.3 Å². The minimum Gasteiger partial charge on any atom is -0.382 e. The van der Waals surface area contributed by atoms with Crippen molar-refractivity contribution in [3.8, 4) is 12.3 Å². The van der Waals surface area contributed by atoms with E-state index < -0.39 is 0 Å². The zero-order chi connectivity index (χ0) is 16.2. The molecule has 3 rings (SSSR count). The van der Waals surface area contributed by atoms with E-state index in [9.17, 15) is 0 Å². The van der Waals surface area contributed by atoms with E-state index in [1.54, 1.807) is 11.8 Å². The summed E-state index contributed by atoms with van der Waals surface area (Å²) in [5.41, 5.74) is 8.56. The minimum absolute atomic E-state index is 0.399. The summed E-state index contributed by atoms with van der Waals surface area (Å²) in [4.78, 5) is 14.1. The number of fused-ring (bicyclic) bond motifs is 1. The van der Waals surface area contributed by atoms with Gasteiger partial charge in [0.05, 0.1) is 0 Å². The number of hydrogen-bond acceptors (Lipinski definition) is 5. The van der Waals surface area contributed by atoms with Gasteiger partial charge in [-0.1, -0.05) is 29.5 Å². The van der Waals surface area contributed by atoms with Gasteiger partial charge < -0.3 is 10.3 Å². The Morgan fingerprint density at radius 2 is 2.04 bits per heavy atom. The van der Waals surface area contributed by atoms with Gasteiger partial charge in [0.25, 0.3) is 0 Å². The highest BCUT2D eigenvalue weighted by molar-refractivity contribution is 7.99. The Morgan fingerprint density at radius 3 is 2.78 bits per heavy atom. The SMILES string of the molecule is C#CCCCn1c(Sc2ccc(C)cc2)nc2c(N)ncnc21. The Bertz CT molecular complexity index is 861. The molecule has 2 aromatic heterocycles. The highest BCUT2D eigenvalue weighted by atomic mass is 32.2. The number of benzene rings is 1. The van der Waals surface area contributed by atoms with Crippen molar-refractivity contribution >= 4 is 28.7 Å². The number of hydrogen-bond donors (Lipinski definition) is 1. The summed E-state index contributed by atoms with van der Waals surface area (Å²) in [6, 6.07) is 8.34. The summed E-state index contributed by atoms with van der Waals surface area (Å²) in [7, 11) is 0. The van der Waals surface area contributed by atoms with Gasteiger partial charge in [-0.25, -0.2) is 15.0 Å². The Morgan fingerprint density at radius 1 is 1.26 bits per heavy atom. The van der Waals surface area contributed by atoms with Gasteiger partial charge in [-0.3, -0.25) is 0 Å². The first-order chi connectivity index (χ1) is 11.2. The third-order valence-corrected chi connectivity index (χ3v) is 4.46. The normalized spacial score (nSPS) is 10.8. The fraction of sp³-hybridized carbons (Fsp3) is 0.235. The van der Waals surface area contributed by atoms with Crippen molar-refractivity contribution in [2.75, 3.05) is 5.73 Å². The molecule has 116 valence electrons. The molecule has 0 bridgehead atoms. The summed E-state index contributed by atoms with van der Waals surface area (Å²) in [6.07, 6.45) is 8.41. The van der Waals surface area contributed by atoms with Crippen LogP contribution in [0.5, 0.6) is 0 Å². The van der Waals surface area contributed by atoms with Crippen LogP contribution >= 0.6 is 11.8 Å². The molecule has 2 heterocycles. The standard InChI is InChI=1S/C17H17N5S/c1-3-4-5-10-22-16-14(15(18)19-11-20-16)21-17(22)23-13-8-6-12(2)7-9-13/h1,6-9,11H,4-5,10H2,2H3,(H2,18,19,20). The quantitative estimate of drug-likeness (QED) is 0.576. The molecule has 5 nitrogen and oxygen atoms in total. The molecule has 0 spiro atoms. The topological polar surface area (TPSA) is 69.6 Å². The largest absolute Gasteiger partial charge is 0.382 e. The van der Waals surface area contributed by atoms with Crippen LogP contribution in [-0.2, 0) is 6.54 Å². The van der Waals surface area contributed by atoms with Crippen LogP contribution in [0.1, 0.15) is 18.4 Å². The first kappa shape index (κ1) is 15.4. The average Bonchev–Trinajstić information content (AvgIpc) is 2.89. The highest BCUT2D eigenvalue weighted by Gasteiger charge is 2.15. The van der Waals surface area contributed by atoms with Crippen molar-refractivity contribution in [3.05, 3.63) is 36.2 Å². The molecule has 0 aliphatic heterocycles. The fourth-order valence-electron chi connectivity index (χ4n) is 2.26. The zero-order valence-corrected chi connectivity index (χ0v) is 13.7. The lowest BCUT2D eigenvalue weighted by Gasteiger charge is -2.07. The van der Waals surface area contributed by atoms with Crippen LogP contribution in [0.2, 0.25) is 0 Å². The number of rotatable bonds is 5. The van der Waals surface area contributed by atoms with Gasteiger partial charge >= 0.3 is 0 Å². The Hall–Kier alpha value is -2.52. The summed E-state index contributed by atoms with van der Waals surface area (Å²) < 4.78 is 2.06. The van der Waals surface area contributed by atoms with Crippen LogP contribution in [0.3, 0.4) is 0 Å². The maximum absolute atomic E-state index is 5.94. The summed E-state index contributed by atoms with van der Waals surface area (Å²) in [5.74, 6) is 3.07. The van der Waals surface area contributed by atoms with Crippen LogP contribution in [0.25, 0.3) is 11.2 Å². The van der Waals surface area contributed by atoms with Crippen molar-refractivity contribution in [2.24, 2.45) is 0 Å². The first-order valence-corrected chi connectivity index (χ1v) is 8.15. The smallest absolute Gasteiger partial charge is 0.175 e. The van der Waals surface area contributed by atoms with Gasteiger partial charge in [0.2, 0.25) is 0 Å². The van der Waals surface area contributed by atoms with E-state index in [0.717, 1.165) is 35.1 Å². The molecule has 0 saturated heterocycles. The number of nitrogen functional groups attached to an aromatic ring is 1. The number of nitrogens with zero attached hydrogens (tertiary/aromatic N) is 4. The van der Waals surface area contributed by atoms with Crippen molar-refractivity contribution < 1.29 is 0 Å². The third-order valence-electron chi connectivity index (χ3n) is 3.46. The maximum Gasteiger partial charge on any atom is 0.175 e. The molecule has 3 aromatic rings. The second-order valence-electron chi connectivity index (χ2n) is 5.20. The van der Waals surface area contributed by atoms with Gasteiger partial charge in [-0.05, 0) is 25.5 Å². The Balaban J connectivity index is 2.00. The molecular weight excluding hydrogens is 306 g/mol. The van der Waals surface area contributed by atoms with Crippen molar-refractivity contribution in [2.45, 2.75) is 36.4 Å². The molecule has 0 amide bonds. The number of nitrogens with two attached hydrogens (primary N) is 1. The number of terminal acetylenes is 1. The molecule has 1 aromatic carbocycles. The van der Waals surface area contributed by atoms with Gasteiger partial charge in [0.15, 0.2) is 22.1 Å². The lowest BCUT2D eigenvalue weighted by Crippen LogP contribution is -2.01. The van der Waals surface area contributed by atoms with E-state index in [1.807, 2.05) is 0 Å². The van der Waals surface area contributed by atoms with E-state index in [2.05, 4.69) is 56.6 Å². The zero-order valence-electron chi connectivity index (χ0n) is 12.9. The number of aromatic nitrogens is 4. The molecule has 0 radical (unpaired) electrons. The molecular formula is C17H17N5S. The summed E-state index contributed by atoms with van der Waals surface area (Å²) >= 11 is 1.59. The third kappa shape index (κ3) is 3.30. The second kappa shape index (κ2) is 6.71. The number of anilines is 1. The van der Waals surface area contributed by atoms with Crippen LogP contribution in [0.4, 0.5) is 5.82 Å². The maximum atomic E-state index is 5.94. The predicted octanol–water partition coefficient (Wildman–Crippen LogP) is 3.28. The average molecular weight is 323 g/mol. The van der Waals surface area contributed by atoms with Crippen molar-refractivity contribution in [1.29, 1.82) is 0 Å². The summed E-state index contributed by atoms with van der Waals surface area (Å²) in [6.45, 7) is 2.82. The van der Waals surface area contributed by atoms with E-state index in [1.165, 1.54) is 11.9 Å². The lowest BCUT2D eigenvalue weighted by atomic mass is 10.2. The second-order valence-corrected chi connectivity index (χ2v) is 6.24. The number of aryl methyl sites for hydroxylation is 2. The Labute approximate surface area is 139 Å². The van der Waals surface area contributed by atoms with E-state index in [-0.39, 0.29) is 0 Å². The van der Waals surface area contributed by atoms with Crippen LogP contribution in [-0.4, -0.2) is 19.5 Å². The van der Waals surface area contributed by atoms with E-state index in [0.29, 0.717) is 11.3 Å². The number of imidazole rings is 1. The lowest BCUT2D eigenvalue weighted by molar-refractivity contribution is 0.615. The molecule has 0 atom stereocenters. The molecule has 2 N–H and O–H groups in total. The van der Waals surface area contributed by atoms with Gasteiger partial charge in [-0.2, -0.15) is 0 Å². The minimum atomic E-state index is 0.399. The molecule has 0 aliphatic rings. The molecule has 23 heavy (non-hydrogen) atoms. The Kier molecular flexibility index (Phi) is 4.49. The molecule has 0 saturated carbocycles.